The fourth-order valence-electron chi connectivity index (χ4n) is 3.41. The molecule has 0 bridgehead atoms. The van der Waals surface area contributed by atoms with Gasteiger partial charge in [-0.05, 0) is 60.8 Å². The van der Waals surface area contributed by atoms with Crippen LogP contribution in [-0.2, 0) is 0 Å². The van der Waals surface area contributed by atoms with E-state index < -0.39 is 0 Å². The van der Waals surface area contributed by atoms with Crippen LogP contribution in [0.4, 0.5) is 5.69 Å². The molecule has 126 valence electrons. The van der Waals surface area contributed by atoms with E-state index in [1.807, 2.05) is 0 Å². The van der Waals surface area contributed by atoms with Crippen molar-refractivity contribution in [3.05, 3.63) is 66.2 Å². The highest BCUT2D eigenvalue weighted by molar-refractivity contribution is 5.78. The molecule has 2 aromatic carbocycles. The Hall–Kier alpha value is -2.02. The summed E-state index contributed by atoms with van der Waals surface area (Å²) in [6, 6.07) is 17.7. The molecule has 1 heteroatoms. The normalized spacial score (nSPS) is 18.3. The van der Waals surface area contributed by atoms with Gasteiger partial charge in [0.15, 0.2) is 0 Å². The molecular weight excluding hydrogens is 290 g/mol. The SMILES string of the molecule is CCC(C)c1ccc(NCC2CC=CCC2)c(-c2ccccc2)c1. The molecular formula is C23H29N. The van der Waals surface area contributed by atoms with Crippen LogP contribution in [-0.4, -0.2) is 6.54 Å². The average molecular weight is 319 g/mol. The number of nitrogens with one attached hydrogen (secondary N) is 1. The summed E-state index contributed by atoms with van der Waals surface area (Å²) in [5.74, 6) is 1.36. The minimum Gasteiger partial charge on any atom is -0.384 e. The zero-order chi connectivity index (χ0) is 16.8. The molecule has 0 saturated heterocycles. The summed E-state index contributed by atoms with van der Waals surface area (Å²) in [5, 5.41) is 3.73. The molecule has 0 fully saturated rings. The van der Waals surface area contributed by atoms with Gasteiger partial charge in [0.05, 0.1) is 0 Å². The summed E-state index contributed by atoms with van der Waals surface area (Å²) in [7, 11) is 0. The van der Waals surface area contributed by atoms with Crippen molar-refractivity contribution < 1.29 is 0 Å². The lowest BCUT2D eigenvalue weighted by Gasteiger charge is -2.21. The molecule has 0 spiro atoms. The predicted octanol–water partition coefficient (Wildman–Crippen LogP) is 6.64. The number of benzene rings is 2. The molecule has 2 atom stereocenters. The first-order chi connectivity index (χ1) is 11.8. The van der Waals surface area contributed by atoms with Crippen molar-refractivity contribution in [3.63, 3.8) is 0 Å². The van der Waals surface area contributed by atoms with Crippen LogP contribution in [0.15, 0.2) is 60.7 Å². The lowest BCUT2D eigenvalue weighted by Crippen LogP contribution is -2.15. The zero-order valence-corrected chi connectivity index (χ0v) is 15.0. The number of hydrogen-bond donors (Lipinski definition) is 1. The smallest absolute Gasteiger partial charge is 0.0420 e. The number of anilines is 1. The maximum Gasteiger partial charge on any atom is 0.0420 e. The van der Waals surface area contributed by atoms with Crippen LogP contribution in [0.5, 0.6) is 0 Å². The first kappa shape index (κ1) is 16.8. The van der Waals surface area contributed by atoms with Crippen LogP contribution < -0.4 is 5.32 Å². The molecule has 0 aromatic heterocycles. The monoisotopic (exact) mass is 319 g/mol. The van der Waals surface area contributed by atoms with Crippen LogP contribution >= 0.6 is 0 Å². The van der Waals surface area contributed by atoms with Crippen molar-refractivity contribution in [2.45, 2.75) is 45.4 Å². The van der Waals surface area contributed by atoms with Gasteiger partial charge in [0, 0.05) is 17.8 Å². The average Bonchev–Trinajstić information content (AvgIpc) is 2.67. The van der Waals surface area contributed by atoms with Crippen LogP contribution in [0.3, 0.4) is 0 Å². The molecule has 0 aliphatic heterocycles. The van der Waals surface area contributed by atoms with E-state index in [9.17, 15) is 0 Å². The molecule has 1 aliphatic rings. The highest BCUT2D eigenvalue weighted by Crippen LogP contribution is 2.33. The molecule has 1 aliphatic carbocycles. The zero-order valence-electron chi connectivity index (χ0n) is 15.0. The Morgan fingerprint density at radius 3 is 2.62 bits per heavy atom. The second kappa shape index (κ2) is 8.19. The summed E-state index contributed by atoms with van der Waals surface area (Å²) in [6.07, 6.45) is 9.56. The van der Waals surface area contributed by atoms with Crippen LogP contribution in [0, 0.1) is 5.92 Å². The second-order valence-electron chi connectivity index (χ2n) is 7.01. The van der Waals surface area contributed by atoms with Crippen LogP contribution in [0.1, 0.15) is 51.0 Å². The maximum absolute atomic E-state index is 3.73. The Balaban J connectivity index is 1.85. The van der Waals surface area contributed by atoms with Gasteiger partial charge in [-0.2, -0.15) is 0 Å². The van der Waals surface area contributed by atoms with E-state index in [-0.39, 0.29) is 0 Å². The quantitative estimate of drug-likeness (QED) is 0.589. The third-order valence-electron chi connectivity index (χ3n) is 5.27. The summed E-state index contributed by atoms with van der Waals surface area (Å²) in [4.78, 5) is 0. The van der Waals surface area contributed by atoms with E-state index in [4.69, 9.17) is 0 Å². The van der Waals surface area contributed by atoms with Crippen molar-refractivity contribution in [1.82, 2.24) is 0 Å². The van der Waals surface area contributed by atoms with Crippen molar-refractivity contribution in [3.8, 4) is 11.1 Å². The molecule has 3 rings (SSSR count). The van der Waals surface area contributed by atoms with Gasteiger partial charge in [-0.1, -0.05) is 62.4 Å². The van der Waals surface area contributed by atoms with Gasteiger partial charge in [-0.15, -0.1) is 0 Å². The van der Waals surface area contributed by atoms with E-state index in [0.29, 0.717) is 5.92 Å². The molecule has 0 radical (unpaired) electrons. The molecule has 2 aromatic rings. The molecule has 2 unspecified atom stereocenters. The predicted molar refractivity (Wildman–Crippen MR) is 106 cm³/mol. The first-order valence-corrected chi connectivity index (χ1v) is 9.36. The van der Waals surface area contributed by atoms with Gasteiger partial charge in [-0.25, -0.2) is 0 Å². The summed E-state index contributed by atoms with van der Waals surface area (Å²) < 4.78 is 0. The maximum atomic E-state index is 3.73. The van der Waals surface area contributed by atoms with Crippen LogP contribution in [0.25, 0.3) is 11.1 Å². The van der Waals surface area contributed by atoms with Crippen molar-refractivity contribution in [2.24, 2.45) is 5.92 Å². The largest absolute Gasteiger partial charge is 0.384 e. The lowest BCUT2D eigenvalue weighted by atomic mass is 9.92. The minimum absolute atomic E-state index is 0.602. The Morgan fingerprint density at radius 2 is 1.92 bits per heavy atom. The van der Waals surface area contributed by atoms with Crippen molar-refractivity contribution >= 4 is 5.69 Å². The van der Waals surface area contributed by atoms with E-state index >= 15 is 0 Å². The molecule has 0 amide bonds. The number of rotatable bonds is 6. The summed E-state index contributed by atoms with van der Waals surface area (Å²) >= 11 is 0. The minimum atomic E-state index is 0.602. The highest BCUT2D eigenvalue weighted by atomic mass is 14.9. The fourth-order valence-corrected chi connectivity index (χ4v) is 3.41. The number of hydrogen-bond acceptors (Lipinski definition) is 1. The summed E-state index contributed by atoms with van der Waals surface area (Å²) in [5.41, 5.74) is 5.33. The molecule has 1 N–H and O–H groups in total. The molecule has 1 nitrogen and oxygen atoms in total. The van der Waals surface area contributed by atoms with Crippen LogP contribution in [0.2, 0.25) is 0 Å². The van der Waals surface area contributed by atoms with E-state index in [1.165, 1.54) is 48.1 Å². The first-order valence-electron chi connectivity index (χ1n) is 9.36. The van der Waals surface area contributed by atoms with Gasteiger partial charge in [0.2, 0.25) is 0 Å². The van der Waals surface area contributed by atoms with E-state index in [2.05, 4.69) is 79.8 Å². The summed E-state index contributed by atoms with van der Waals surface area (Å²) in [6.45, 7) is 5.63. The van der Waals surface area contributed by atoms with Gasteiger partial charge in [-0.3, -0.25) is 0 Å². The third kappa shape index (κ3) is 4.08. The van der Waals surface area contributed by atoms with E-state index in [1.54, 1.807) is 0 Å². The van der Waals surface area contributed by atoms with Gasteiger partial charge >= 0.3 is 0 Å². The Morgan fingerprint density at radius 1 is 1.08 bits per heavy atom. The second-order valence-corrected chi connectivity index (χ2v) is 7.01. The Kier molecular flexibility index (Phi) is 5.74. The molecule has 0 saturated carbocycles. The van der Waals surface area contributed by atoms with Crippen molar-refractivity contribution in [1.29, 1.82) is 0 Å². The standard InChI is InChI=1S/C23H29N/c1-3-18(2)21-14-15-23(24-17-19-10-6-4-7-11-19)22(16-21)20-12-8-5-9-13-20/h4-6,8-9,12-16,18-19,24H,3,7,10-11,17H2,1-2H3. The molecule has 0 heterocycles. The third-order valence-corrected chi connectivity index (χ3v) is 5.27. The number of allylic oxidation sites excluding steroid dienone is 2. The lowest BCUT2D eigenvalue weighted by molar-refractivity contribution is 0.504. The van der Waals surface area contributed by atoms with Gasteiger partial charge < -0.3 is 5.32 Å². The van der Waals surface area contributed by atoms with E-state index in [0.717, 1.165) is 12.5 Å². The highest BCUT2D eigenvalue weighted by Gasteiger charge is 2.13. The molecule has 24 heavy (non-hydrogen) atoms. The van der Waals surface area contributed by atoms with Crippen molar-refractivity contribution in [2.75, 3.05) is 11.9 Å². The van der Waals surface area contributed by atoms with Gasteiger partial charge in [0.25, 0.3) is 0 Å². The Labute approximate surface area is 146 Å². The fraction of sp³-hybridized carbons (Fsp3) is 0.391. The van der Waals surface area contributed by atoms with Gasteiger partial charge in [0.1, 0.15) is 0 Å². The Bertz CT molecular complexity index is 672. The topological polar surface area (TPSA) is 12.0 Å².